The van der Waals surface area contributed by atoms with E-state index in [9.17, 15) is 9.59 Å². The van der Waals surface area contributed by atoms with Crippen LogP contribution in [0.4, 0.5) is 0 Å². The molecule has 4 nitrogen and oxygen atoms in total. The summed E-state index contributed by atoms with van der Waals surface area (Å²) in [7, 11) is 0. The molecule has 1 heterocycles. The number of nitrogens with one attached hydrogen (secondary N) is 1. The summed E-state index contributed by atoms with van der Waals surface area (Å²) in [6.45, 7) is 0. The first-order valence-electron chi connectivity index (χ1n) is 2.22. The molecule has 0 aromatic rings. The van der Waals surface area contributed by atoms with Gasteiger partial charge in [0.1, 0.15) is 6.10 Å². The number of amides is 2. The summed E-state index contributed by atoms with van der Waals surface area (Å²) in [6.07, 6.45) is -1.19. The number of aliphatic hydroxyl groups excluding tert-OH is 1. The molecule has 0 aromatic heterocycles. The van der Waals surface area contributed by atoms with Crippen LogP contribution in [0.5, 0.6) is 0 Å². The molecule has 5 heteroatoms. The fourth-order valence-corrected chi connectivity index (χ4v) is 0.540. The molecule has 1 saturated heterocycles. The van der Waals surface area contributed by atoms with Gasteiger partial charge >= 0.3 is 0 Å². The maximum absolute atomic E-state index is 10.2. The smallest absolute Gasteiger partial charge is 0.255 e. The van der Waals surface area contributed by atoms with Crippen molar-refractivity contribution in [2.75, 3.05) is 0 Å². The van der Waals surface area contributed by atoms with E-state index in [2.05, 4.69) is 0 Å². The van der Waals surface area contributed by atoms with E-state index in [1.54, 1.807) is 0 Å². The van der Waals surface area contributed by atoms with Crippen LogP contribution in [0, 0.1) is 0 Å². The quantitative estimate of drug-likeness (QED) is 0.301. The van der Waals surface area contributed by atoms with E-state index >= 15 is 0 Å². The fourth-order valence-electron chi connectivity index (χ4n) is 0.540. The summed E-state index contributed by atoms with van der Waals surface area (Å²) in [5.41, 5.74) is 0. The first kappa shape index (κ1) is 9.10. The zero-order valence-electron chi connectivity index (χ0n) is 5.05. The third kappa shape index (κ3) is 2.06. The average molecular weight is 138 g/mol. The van der Waals surface area contributed by atoms with Crippen LogP contribution in [0.15, 0.2) is 0 Å². The predicted octanol–water partition coefficient (Wildman–Crippen LogP) is -1.99. The molecule has 1 radical (unpaired) electrons. The predicted molar refractivity (Wildman–Crippen MR) is 29.5 cm³/mol. The first-order valence-corrected chi connectivity index (χ1v) is 2.22. The Morgan fingerprint density at radius 2 is 2.11 bits per heavy atom. The van der Waals surface area contributed by atoms with Crippen LogP contribution in [-0.2, 0) is 9.59 Å². The van der Waals surface area contributed by atoms with Crippen LogP contribution in [0.2, 0.25) is 0 Å². The van der Waals surface area contributed by atoms with Crippen molar-refractivity contribution in [1.82, 2.24) is 5.32 Å². The maximum atomic E-state index is 10.2. The van der Waals surface area contributed by atoms with E-state index in [0.29, 0.717) is 0 Å². The van der Waals surface area contributed by atoms with Gasteiger partial charge in [0.2, 0.25) is 5.91 Å². The Morgan fingerprint density at radius 1 is 1.56 bits per heavy atom. The average Bonchev–Trinajstić information content (AvgIpc) is 1.85. The summed E-state index contributed by atoms with van der Waals surface area (Å²) in [6, 6.07) is 0. The fraction of sp³-hybridized carbons (Fsp3) is 0.500. The van der Waals surface area contributed by atoms with Crippen molar-refractivity contribution < 1.29 is 14.7 Å². The van der Waals surface area contributed by atoms with Crippen molar-refractivity contribution in [3.63, 3.8) is 0 Å². The second kappa shape index (κ2) is 3.31. The molecule has 1 fully saturated rings. The molecule has 0 aromatic carbocycles. The van der Waals surface area contributed by atoms with Crippen LogP contribution >= 0.6 is 0 Å². The van der Waals surface area contributed by atoms with Crippen LogP contribution in [0.1, 0.15) is 6.42 Å². The molecule has 0 bridgehead atoms. The Morgan fingerprint density at radius 3 is 2.22 bits per heavy atom. The van der Waals surface area contributed by atoms with E-state index in [-0.39, 0.29) is 36.0 Å². The SMILES string of the molecule is O=C1CC(O)C(=O)N1.[Na]. The first-order chi connectivity index (χ1) is 3.70. The number of hydrogen-bond donors (Lipinski definition) is 2. The van der Waals surface area contributed by atoms with Gasteiger partial charge in [0, 0.05) is 29.6 Å². The summed E-state index contributed by atoms with van der Waals surface area (Å²) in [5.74, 6) is -0.988. The molecular formula is C4H5NNaO3. The minimum absolute atomic E-state index is 0. The summed E-state index contributed by atoms with van der Waals surface area (Å²) in [5, 5.41) is 10.5. The second-order valence-electron chi connectivity index (χ2n) is 1.63. The summed E-state index contributed by atoms with van der Waals surface area (Å²) < 4.78 is 0. The van der Waals surface area contributed by atoms with Crippen molar-refractivity contribution in [3.05, 3.63) is 0 Å². The Hall–Kier alpha value is 0.100. The van der Waals surface area contributed by atoms with Gasteiger partial charge in [0.15, 0.2) is 0 Å². The maximum Gasteiger partial charge on any atom is 0.255 e. The number of imide groups is 1. The topological polar surface area (TPSA) is 66.4 Å². The molecule has 1 aliphatic rings. The second-order valence-corrected chi connectivity index (χ2v) is 1.63. The molecule has 1 aliphatic heterocycles. The normalized spacial score (nSPS) is 25.2. The van der Waals surface area contributed by atoms with Crippen LogP contribution < -0.4 is 5.32 Å². The van der Waals surface area contributed by atoms with Gasteiger partial charge in [-0.15, -0.1) is 0 Å². The number of carbonyl (C=O) groups is 2. The summed E-state index contributed by atoms with van der Waals surface area (Å²) in [4.78, 5) is 20.4. The van der Waals surface area contributed by atoms with Crippen LogP contribution in [0.25, 0.3) is 0 Å². The number of carbonyl (C=O) groups excluding carboxylic acids is 2. The van der Waals surface area contributed by atoms with E-state index in [0.717, 1.165) is 0 Å². The van der Waals surface area contributed by atoms with Gasteiger partial charge in [0.05, 0.1) is 6.42 Å². The zero-order chi connectivity index (χ0) is 6.15. The Bertz CT molecular complexity index is 147. The van der Waals surface area contributed by atoms with Crippen molar-refractivity contribution in [2.45, 2.75) is 12.5 Å². The van der Waals surface area contributed by atoms with Gasteiger partial charge in [-0.2, -0.15) is 0 Å². The molecule has 0 saturated carbocycles. The molecule has 2 amide bonds. The largest absolute Gasteiger partial charge is 0.383 e. The van der Waals surface area contributed by atoms with Crippen molar-refractivity contribution in [2.24, 2.45) is 0 Å². The van der Waals surface area contributed by atoms with E-state index in [4.69, 9.17) is 5.11 Å². The van der Waals surface area contributed by atoms with E-state index in [1.807, 2.05) is 5.32 Å². The molecule has 2 N–H and O–H groups in total. The Balaban J connectivity index is 0.000000640. The molecular weight excluding hydrogens is 133 g/mol. The Labute approximate surface area is 73.9 Å². The Kier molecular flexibility index (Phi) is 3.35. The standard InChI is InChI=1S/C4H5NO3.Na/c6-2-1-3(7)5-4(2)8;/h2,6H,1H2,(H,5,7,8);. The van der Waals surface area contributed by atoms with Crippen LogP contribution in [-0.4, -0.2) is 52.6 Å². The monoisotopic (exact) mass is 138 g/mol. The van der Waals surface area contributed by atoms with Crippen molar-refractivity contribution in [1.29, 1.82) is 0 Å². The zero-order valence-corrected chi connectivity index (χ0v) is 7.05. The number of rotatable bonds is 0. The molecule has 45 valence electrons. The van der Waals surface area contributed by atoms with Gasteiger partial charge in [-0.3, -0.25) is 14.9 Å². The van der Waals surface area contributed by atoms with Gasteiger partial charge in [-0.05, 0) is 0 Å². The molecule has 0 aliphatic carbocycles. The molecule has 0 spiro atoms. The van der Waals surface area contributed by atoms with Gasteiger partial charge in [0.25, 0.3) is 5.91 Å². The van der Waals surface area contributed by atoms with Crippen LogP contribution in [0.3, 0.4) is 0 Å². The van der Waals surface area contributed by atoms with Gasteiger partial charge in [-0.25, -0.2) is 0 Å². The molecule has 9 heavy (non-hydrogen) atoms. The summed E-state index contributed by atoms with van der Waals surface area (Å²) >= 11 is 0. The number of hydrogen-bond acceptors (Lipinski definition) is 3. The van der Waals surface area contributed by atoms with E-state index < -0.39 is 17.9 Å². The minimum atomic E-state index is -1.11. The molecule has 1 unspecified atom stereocenters. The van der Waals surface area contributed by atoms with E-state index in [1.165, 1.54) is 0 Å². The van der Waals surface area contributed by atoms with Crippen molar-refractivity contribution >= 4 is 41.4 Å². The third-order valence-corrected chi connectivity index (χ3v) is 0.944. The molecule has 1 rings (SSSR count). The minimum Gasteiger partial charge on any atom is -0.383 e. The van der Waals surface area contributed by atoms with Gasteiger partial charge < -0.3 is 5.11 Å². The molecule has 1 atom stereocenters. The third-order valence-electron chi connectivity index (χ3n) is 0.944. The van der Waals surface area contributed by atoms with Crippen molar-refractivity contribution in [3.8, 4) is 0 Å². The number of aliphatic hydroxyl groups is 1. The van der Waals surface area contributed by atoms with Gasteiger partial charge in [-0.1, -0.05) is 0 Å².